The lowest BCUT2D eigenvalue weighted by atomic mass is 9.86. The lowest BCUT2D eigenvalue weighted by Crippen LogP contribution is -2.28. The molecule has 0 amide bonds. The van der Waals surface area contributed by atoms with Crippen LogP contribution in [-0.4, -0.2) is 6.04 Å². The molecular formula is C13H19BrFN. The maximum absolute atomic E-state index is 13.5. The summed E-state index contributed by atoms with van der Waals surface area (Å²) >= 11 is 3.34. The number of hydrogen-bond acceptors (Lipinski definition) is 1. The predicted octanol–water partition coefficient (Wildman–Crippen LogP) is 3.89. The molecule has 0 aliphatic rings. The van der Waals surface area contributed by atoms with E-state index in [1.54, 1.807) is 12.1 Å². The van der Waals surface area contributed by atoms with E-state index in [0.717, 1.165) is 10.9 Å². The van der Waals surface area contributed by atoms with Gasteiger partial charge in [-0.05, 0) is 42.0 Å². The molecular weight excluding hydrogens is 269 g/mol. The molecule has 16 heavy (non-hydrogen) atoms. The van der Waals surface area contributed by atoms with E-state index >= 15 is 0 Å². The van der Waals surface area contributed by atoms with Crippen LogP contribution < -0.4 is 5.73 Å². The Morgan fingerprint density at radius 2 is 2.00 bits per heavy atom. The Bertz CT molecular complexity index is 357. The molecule has 2 N–H and O–H groups in total. The molecule has 1 atom stereocenters. The molecule has 0 heterocycles. The Morgan fingerprint density at radius 3 is 2.56 bits per heavy atom. The van der Waals surface area contributed by atoms with Crippen molar-refractivity contribution in [1.29, 1.82) is 0 Å². The van der Waals surface area contributed by atoms with Crippen molar-refractivity contribution in [3.8, 4) is 0 Å². The lowest BCUT2D eigenvalue weighted by molar-refractivity contribution is 0.337. The number of benzene rings is 1. The molecule has 0 saturated heterocycles. The Balaban J connectivity index is 2.69. The summed E-state index contributed by atoms with van der Waals surface area (Å²) in [7, 11) is 0. The average molecular weight is 288 g/mol. The molecule has 0 bridgehead atoms. The van der Waals surface area contributed by atoms with Crippen molar-refractivity contribution in [3.63, 3.8) is 0 Å². The first-order valence-electron chi connectivity index (χ1n) is 5.47. The summed E-state index contributed by atoms with van der Waals surface area (Å²) in [6.07, 6.45) is 1.47. The normalized spacial score (nSPS) is 13.9. The van der Waals surface area contributed by atoms with Gasteiger partial charge < -0.3 is 5.73 Å². The van der Waals surface area contributed by atoms with Gasteiger partial charge >= 0.3 is 0 Å². The van der Waals surface area contributed by atoms with E-state index in [9.17, 15) is 4.39 Å². The maximum Gasteiger partial charge on any atom is 0.126 e. The predicted molar refractivity (Wildman–Crippen MR) is 69.9 cm³/mol. The zero-order chi connectivity index (χ0) is 12.3. The van der Waals surface area contributed by atoms with Crippen LogP contribution in [0.15, 0.2) is 22.7 Å². The van der Waals surface area contributed by atoms with Crippen molar-refractivity contribution in [1.82, 2.24) is 0 Å². The van der Waals surface area contributed by atoms with Crippen LogP contribution in [0.1, 0.15) is 32.8 Å². The van der Waals surface area contributed by atoms with Crippen LogP contribution >= 0.6 is 15.9 Å². The fourth-order valence-corrected chi connectivity index (χ4v) is 2.25. The first-order valence-corrected chi connectivity index (χ1v) is 6.27. The minimum Gasteiger partial charge on any atom is -0.327 e. The van der Waals surface area contributed by atoms with Gasteiger partial charge in [-0.3, -0.25) is 0 Å². The summed E-state index contributed by atoms with van der Waals surface area (Å²) in [6, 6.07) is 4.98. The van der Waals surface area contributed by atoms with Crippen molar-refractivity contribution < 1.29 is 4.39 Å². The van der Waals surface area contributed by atoms with Crippen molar-refractivity contribution in [2.24, 2.45) is 11.1 Å². The molecule has 0 aliphatic carbocycles. The van der Waals surface area contributed by atoms with E-state index in [2.05, 4.69) is 36.7 Å². The van der Waals surface area contributed by atoms with Crippen LogP contribution in [0.3, 0.4) is 0 Å². The number of halogens is 2. The highest BCUT2D eigenvalue weighted by atomic mass is 79.9. The quantitative estimate of drug-likeness (QED) is 0.897. The van der Waals surface area contributed by atoms with Crippen LogP contribution in [0.2, 0.25) is 0 Å². The van der Waals surface area contributed by atoms with Crippen molar-refractivity contribution >= 4 is 15.9 Å². The molecule has 3 heteroatoms. The highest BCUT2D eigenvalue weighted by molar-refractivity contribution is 9.10. The summed E-state index contributed by atoms with van der Waals surface area (Å²) in [4.78, 5) is 0. The second-order valence-corrected chi connectivity index (χ2v) is 6.38. The van der Waals surface area contributed by atoms with Crippen LogP contribution in [0, 0.1) is 11.2 Å². The highest BCUT2D eigenvalue weighted by Gasteiger charge is 2.17. The Hall–Kier alpha value is -0.410. The Kier molecular flexibility index (Phi) is 4.51. The van der Waals surface area contributed by atoms with Gasteiger partial charge in [0.2, 0.25) is 0 Å². The first-order chi connectivity index (χ1) is 7.28. The third-order valence-corrected chi connectivity index (χ3v) is 2.86. The van der Waals surface area contributed by atoms with E-state index in [4.69, 9.17) is 5.73 Å². The summed E-state index contributed by atoms with van der Waals surface area (Å²) in [6.45, 7) is 6.43. The van der Waals surface area contributed by atoms with E-state index in [1.165, 1.54) is 6.07 Å². The van der Waals surface area contributed by atoms with Gasteiger partial charge in [0.25, 0.3) is 0 Å². The van der Waals surface area contributed by atoms with Gasteiger partial charge in [-0.15, -0.1) is 0 Å². The molecule has 1 rings (SSSR count). The summed E-state index contributed by atoms with van der Waals surface area (Å²) in [5, 5.41) is 0. The number of rotatable bonds is 3. The molecule has 1 unspecified atom stereocenters. The third-order valence-electron chi connectivity index (χ3n) is 2.36. The monoisotopic (exact) mass is 287 g/mol. The molecule has 1 aromatic carbocycles. The molecule has 0 aromatic heterocycles. The number of nitrogens with two attached hydrogens (primary N) is 1. The number of hydrogen-bond donors (Lipinski definition) is 1. The minimum atomic E-state index is -0.174. The zero-order valence-electron chi connectivity index (χ0n) is 10.1. The average Bonchev–Trinajstić information content (AvgIpc) is 2.08. The zero-order valence-corrected chi connectivity index (χ0v) is 11.6. The van der Waals surface area contributed by atoms with Crippen molar-refractivity contribution in [2.75, 3.05) is 0 Å². The molecule has 0 spiro atoms. The smallest absolute Gasteiger partial charge is 0.126 e. The highest BCUT2D eigenvalue weighted by Crippen LogP contribution is 2.23. The summed E-state index contributed by atoms with van der Waals surface area (Å²) in [5.41, 5.74) is 6.90. The van der Waals surface area contributed by atoms with Gasteiger partial charge in [0.1, 0.15) is 5.82 Å². The molecule has 0 radical (unpaired) electrons. The largest absolute Gasteiger partial charge is 0.327 e. The van der Waals surface area contributed by atoms with Gasteiger partial charge in [-0.25, -0.2) is 4.39 Å². The van der Waals surface area contributed by atoms with E-state index < -0.39 is 0 Å². The Labute approximate surface area is 105 Å². The topological polar surface area (TPSA) is 26.0 Å². The molecule has 0 fully saturated rings. The van der Waals surface area contributed by atoms with Gasteiger partial charge in [0.05, 0.1) is 0 Å². The Morgan fingerprint density at radius 1 is 1.38 bits per heavy atom. The van der Waals surface area contributed by atoms with Crippen LogP contribution in [-0.2, 0) is 6.42 Å². The fraction of sp³-hybridized carbons (Fsp3) is 0.538. The molecule has 90 valence electrons. The maximum atomic E-state index is 13.5. The van der Waals surface area contributed by atoms with E-state index in [-0.39, 0.29) is 17.3 Å². The van der Waals surface area contributed by atoms with Crippen LogP contribution in [0.4, 0.5) is 4.39 Å². The van der Waals surface area contributed by atoms with Gasteiger partial charge in [-0.1, -0.05) is 36.7 Å². The van der Waals surface area contributed by atoms with Gasteiger partial charge in [0, 0.05) is 10.5 Å². The van der Waals surface area contributed by atoms with Gasteiger partial charge in [-0.2, -0.15) is 0 Å². The van der Waals surface area contributed by atoms with Gasteiger partial charge in [0.15, 0.2) is 0 Å². The fourth-order valence-electron chi connectivity index (χ4n) is 1.84. The van der Waals surface area contributed by atoms with Crippen LogP contribution in [0.25, 0.3) is 0 Å². The van der Waals surface area contributed by atoms with Crippen molar-refractivity contribution in [3.05, 3.63) is 34.1 Å². The van der Waals surface area contributed by atoms with Crippen molar-refractivity contribution in [2.45, 2.75) is 39.7 Å². The third kappa shape index (κ3) is 4.62. The van der Waals surface area contributed by atoms with E-state index in [1.807, 2.05) is 0 Å². The second-order valence-electron chi connectivity index (χ2n) is 5.46. The lowest BCUT2D eigenvalue weighted by Gasteiger charge is -2.23. The standard InChI is InChI=1S/C13H19BrFN/c1-13(2,3)8-11(16)7-9-6-10(14)4-5-12(9)15/h4-6,11H,7-8,16H2,1-3H3. The molecule has 0 aliphatic heterocycles. The minimum absolute atomic E-state index is 0.00352. The molecule has 1 nitrogen and oxygen atoms in total. The summed E-state index contributed by atoms with van der Waals surface area (Å²) < 4.78 is 14.4. The second kappa shape index (κ2) is 5.28. The van der Waals surface area contributed by atoms with Crippen LogP contribution in [0.5, 0.6) is 0 Å². The molecule has 0 saturated carbocycles. The van der Waals surface area contributed by atoms with E-state index in [0.29, 0.717) is 12.0 Å². The first kappa shape index (κ1) is 13.7. The SMILES string of the molecule is CC(C)(C)CC(N)Cc1cc(Br)ccc1F. The molecule has 1 aromatic rings. The summed E-state index contributed by atoms with van der Waals surface area (Å²) in [5.74, 6) is -0.174.